The molecule has 4 aromatic rings. The number of carboxylic acid groups (broad SMARTS) is 2. The van der Waals surface area contributed by atoms with Gasteiger partial charge in [0.1, 0.15) is 0 Å². The minimum atomic E-state index is -1.13. The summed E-state index contributed by atoms with van der Waals surface area (Å²) >= 11 is 0. The first-order valence-electron chi connectivity index (χ1n) is 7.96. The van der Waals surface area contributed by atoms with Crippen molar-refractivity contribution in [3.8, 4) is 0 Å². The maximum Gasteiger partial charge on any atom is 4.00 e. The molecule has 0 atom stereocenters. The number of hydrogen-bond donors (Lipinski definition) is 0. The Morgan fingerprint density at radius 2 is 0.857 bits per heavy atom. The molecule has 0 amide bonds. The van der Waals surface area contributed by atoms with Gasteiger partial charge < -0.3 is 25.3 Å². The smallest absolute Gasteiger partial charge is 2.00 e. The Bertz CT molecular complexity index is 1010. The van der Waals surface area contributed by atoms with Crippen molar-refractivity contribution in [2.45, 2.75) is 0 Å². The van der Waals surface area contributed by atoms with Crippen molar-refractivity contribution in [2.75, 3.05) is 0 Å². The Balaban J connectivity index is 0.000000261. The van der Waals surface area contributed by atoms with Crippen LogP contribution in [0.4, 0.5) is 0 Å². The third-order valence-corrected chi connectivity index (χ3v) is 4.02. The summed E-state index contributed by atoms with van der Waals surface area (Å²) < 4.78 is 0. The molecule has 0 aromatic heterocycles. The average Bonchev–Trinajstić information content (AvgIpc) is 2.67. The molecule has 4 rings (SSSR count). The third-order valence-electron chi connectivity index (χ3n) is 4.02. The number of carbonyl (C=O) groups excluding carboxylic acids is 2. The van der Waals surface area contributed by atoms with Gasteiger partial charge in [-0.1, -0.05) is 84.9 Å². The van der Waals surface area contributed by atoms with E-state index in [1.807, 2.05) is 48.5 Å². The van der Waals surface area contributed by atoms with Gasteiger partial charge in [0.25, 0.3) is 0 Å². The van der Waals surface area contributed by atoms with Crippen LogP contribution in [0.2, 0.25) is 0 Å². The Morgan fingerprint density at radius 1 is 0.536 bits per heavy atom. The quantitative estimate of drug-likeness (QED) is 0.476. The number of carboxylic acids is 2. The van der Waals surface area contributed by atoms with Crippen molar-refractivity contribution in [3.05, 3.63) is 96.1 Å². The Labute approximate surface area is 176 Å². The largest absolute Gasteiger partial charge is 4.00 e. The van der Waals surface area contributed by atoms with Gasteiger partial charge in [-0.3, -0.25) is 0 Å². The molecule has 4 aromatic carbocycles. The molecule has 6 heteroatoms. The van der Waals surface area contributed by atoms with Crippen LogP contribution in [0.15, 0.2) is 84.9 Å². The molecule has 0 radical (unpaired) electrons. The molecular formula is C22H14O5Ti. The van der Waals surface area contributed by atoms with Gasteiger partial charge in [0.05, 0.1) is 11.9 Å². The normalized spacial score (nSPS) is 9.43. The van der Waals surface area contributed by atoms with E-state index >= 15 is 0 Å². The van der Waals surface area contributed by atoms with E-state index in [9.17, 15) is 19.8 Å². The minimum absolute atomic E-state index is 0. The summed E-state index contributed by atoms with van der Waals surface area (Å²) in [6.45, 7) is 0. The Kier molecular flexibility index (Phi) is 8.54. The van der Waals surface area contributed by atoms with Crippen LogP contribution in [0.25, 0.3) is 21.5 Å². The van der Waals surface area contributed by atoms with Crippen molar-refractivity contribution in [1.29, 1.82) is 0 Å². The molecule has 0 saturated heterocycles. The number of rotatable bonds is 2. The van der Waals surface area contributed by atoms with Gasteiger partial charge in [-0.15, -0.1) is 0 Å². The van der Waals surface area contributed by atoms with E-state index in [1.54, 1.807) is 36.4 Å². The fraction of sp³-hybridized carbons (Fsp3) is 0. The van der Waals surface area contributed by atoms with E-state index in [1.165, 1.54) is 0 Å². The summed E-state index contributed by atoms with van der Waals surface area (Å²) in [5, 5.41) is 24.7. The van der Waals surface area contributed by atoms with E-state index in [-0.39, 0.29) is 38.3 Å². The van der Waals surface area contributed by atoms with Gasteiger partial charge in [0.15, 0.2) is 0 Å². The van der Waals surface area contributed by atoms with Crippen molar-refractivity contribution >= 4 is 33.5 Å². The van der Waals surface area contributed by atoms with Crippen LogP contribution in [0, 0.1) is 0 Å². The molecule has 0 saturated carbocycles. The SMILES string of the molecule is O=C([O-])c1cccc2ccccc12.O=C([O-])c1cccc2ccccc12.[O-2].[Ti+4]. The zero-order valence-corrected chi connectivity index (χ0v) is 16.2. The summed E-state index contributed by atoms with van der Waals surface area (Å²) in [5.74, 6) is -2.26. The molecular weight excluding hydrogens is 392 g/mol. The van der Waals surface area contributed by atoms with E-state index in [4.69, 9.17) is 0 Å². The first-order chi connectivity index (χ1) is 12.6. The maximum atomic E-state index is 10.7. The summed E-state index contributed by atoms with van der Waals surface area (Å²) in [6.07, 6.45) is 0. The molecule has 28 heavy (non-hydrogen) atoms. The molecule has 0 spiro atoms. The molecule has 0 aliphatic carbocycles. The van der Waals surface area contributed by atoms with Crippen LogP contribution >= 0.6 is 0 Å². The molecule has 0 aliphatic rings. The second-order valence-corrected chi connectivity index (χ2v) is 5.63. The van der Waals surface area contributed by atoms with Gasteiger partial charge in [0, 0.05) is 11.1 Å². The predicted molar refractivity (Wildman–Crippen MR) is 97.2 cm³/mol. The van der Waals surface area contributed by atoms with Gasteiger partial charge in [-0.25, -0.2) is 0 Å². The zero-order chi connectivity index (χ0) is 18.5. The van der Waals surface area contributed by atoms with Crippen molar-refractivity contribution < 1.29 is 47.0 Å². The molecule has 136 valence electrons. The summed E-state index contributed by atoms with van der Waals surface area (Å²) in [7, 11) is 0. The molecule has 0 bridgehead atoms. The topological polar surface area (TPSA) is 109 Å². The van der Waals surface area contributed by atoms with Gasteiger partial charge in [-0.05, 0) is 21.5 Å². The first kappa shape index (κ1) is 23.1. The second-order valence-electron chi connectivity index (χ2n) is 5.63. The minimum Gasteiger partial charge on any atom is -2.00 e. The molecule has 0 unspecified atom stereocenters. The fourth-order valence-electron chi connectivity index (χ4n) is 2.81. The second kappa shape index (κ2) is 10.4. The number of hydrogen-bond acceptors (Lipinski definition) is 4. The summed E-state index contributed by atoms with van der Waals surface area (Å²) in [5.41, 5.74) is 0.496. The number of fused-ring (bicyclic) bond motifs is 2. The van der Waals surface area contributed by atoms with Crippen molar-refractivity contribution in [1.82, 2.24) is 0 Å². The average molecular weight is 406 g/mol. The van der Waals surface area contributed by atoms with Crippen molar-refractivity contribution in [3.63, 3.8) is 0 Å². The van der Waals surface area contributed by atoms with E-state index in [2.05, 4.69) is 0 Å². The van der Waals surface area contributed by atoms with Gasteiger partial charge in [0.2, 0.25) is 0 Å². The van der Waals surface area contributed by atoms with Crippen LogP contribution in [0.5, 0.6) is 0 Å². The van der Waals surface area contributed by atoms with Crippen molar-refractivity contribution in [2.24, 2.45) is 0 Å². The maximum absolute atomic E-state index is 10.7. The van der Waals surface area contributed by atoms with Crippen LogP contribution in [-0.4, -0.2) is 11.9 Å². The molecule has 5 nitrogen and oxygen atoms in total. The van der Waals surface area contributed by atoms with E-state index < -0.39 is 11.9 Å². The van der Waals surface area contributed by atoms with Crippen LogP contribution in [-0.2, 0) is 27.2 Å². The number of aromatic carboxylic acids is 2. The van der Waals surface area contributed by atoms with Gasteiger partial charge in [-0.2, -0.15) is 0 Å². The number of carbonyl (C=O) groups is 2. The Morgan fingerprint density at radius 3 is 1.21 bits per heavy atom. The summed E-state index contributed by atoms with van der Waals surface area (Å²) in [6, 6.07) is 25.0. The van der Waals surface area contributed by atoms with Crippen LogP contribution in [0.1, 0.15) is 20.7 Å². The Hall–Kier alpha value is -2.99. The molecule has 0 aliphatic heterocycles. The molecule has 0 fully saturated rings. The standard InChI is InChI=1S/2C11H8O2.O.Ti/c2*12-11(13)10-7-3-5-8-4-1-2-6-9(8)10;;/h2*1-7H,(H,12,13);;/q;;-2;+4/p-2. The first-order valence-corrected chi connectivity index (χ1v) is 7.96. The predicted octanol–water partition coefficient (Wildman–Crippen LogP) is 2.29. The third kappa shape index (κ3) is 5.05. The number of benzene rings is 4. The van der Waals surface area contributed by atoms with Crippen LogP contribution < -0.4 is 10.2 Å². The zero-order valence-electron chi connectivity index (χ0n) is 14.6. The van der Waals surface area contributed by atoms with Crippen LogP contribution in [0.3, 0.4) is 0 Å². The van der Waals surface area contributed by atoms with E-state index in [0.29, 0.717) is 0 Å². The summed E-state index contributed by atoms with van der Waals surface area (Å²) in [4.78, 5) is 21.4. The monoisotopic (exact) mass is 406 g/mol. The van der Waals surface area contributed by atoms with Gasteiger partial charge >= 0.3 is 21.7 Å². The fourth-order valence-corrected chi connectivity index (χ4v) is 2.81. The molecule has 0 heterocycles. The van der Waals surface area contributed by atoms with E-state index in [0.717, 1.165) is 21.5 Å². The molecule has 0 N–H and O–H groups in total.